The Hall–Kier alpha value is -2.10. The van der Waals surface area contributed by atoms with Crippen molar-refractivity contribution in [3.63, 3.8) is 0 Å². The smallest absolute Gasteiger partial charge is 0.276 e. The Kier molecular flexibility index (Phi) is 3.30. The molecule has 1 aromatic heterocycles. The third kappa shape index (κ3) is 2.33. The highest BCUT2D eigenvalue weighted by atomic mass is 16.5. The van der Waals surface area contributed by atoms with Crippen LogP contribution in [0.1, 0.15) is 46.3 Å². The number of amides is 1. The van der Waals surface area contributed by atoms with Gasteiger partial charge in [-0.15, -0.1) is 0 Å². The molecule has 0 unspecified atom stereocenters. The molecule has 1 aliphatic rings. The summed E-state index contributed by atoms with van der Waals surface area (Å²) in [5.41, 5.74) is 2.83. The standard InChI is InChI=1S/C16H18N2O2/c1-11-5-7-13(8-6-11)15-4-3-9-18(15)16(19)14-10-12(2)20-17-14/h5-8,10,15H,3-4,9H2,1-2H3/t15-/m0/s1. The van der Waals surface area contributed by atoms with E-state index < -0.39 is 0 Å². The van der Waals surface area contributed by atoms with Crippen molar-refractivity contribution in [3.8, 4) is 0 Å². The summed E-state index contributed by atoms with van der Waals surface area (Å²) in [6.45, 7) is 4.65. The lowest BCUT2D eigenvalue weighted by molar-refractivity contribution is 0.0725. The number of hydrogen-bond acceptors (Lipinski definition) is 3. The van der Waals surface area contributed by atoms with Gasteiger partial charge in [0.05, 0.1) is 6.04 Å². The lowest BCUT2D eigenvalue weighted by Crippen LogP contribution is -2.30. The molecule has 0 radical (unpaired) electrons. The van der Waals surface area contributed by atoms with Crippen LogP contribution < -0.4 is 0 Å². The third-order valence-corrected chi connectivity index (χ3v) is 3.82. The average molecular weight is 270 g/mol. The van der Waals surface area contributed by atoms with Gasteiger partial charge in [-0.1, -0.05) is 35.0 Å². The van der Waals surface area contributed by atoms with E-state index in [1.807, 2.05) is 4.90 Å². The van der Waals surface area contributed by atoms with Crippen molar-refractivity contribution in [2.24, 2.45) is 0 Å². The number of aryl methyl sites for hydroxylation is 2. The number of rotatable bonds is 2. The van der Waals surface area contributed by atoms with Gasteiger partial charge in [-0.05, 0) is 32.3 Å². The molecule has 0 bridgehead atoms. The van der Waals surface area contributed by atoms with Gasteiger partial charge >= 0.3 is 0 Å². The third-order valence-electron chi connectivity index (χ3n) is 3.82. The van der Waals surface area contributed by atoms with Crippen LogP contribution >= 0.6 is 0 Å². The second kappa shape index (κ2) is 5.12. The Morgan fingerprint density at radius 2 is 2.05 bits per heavy atom. The van der Waals surface area contributed by atoms with Crippen LogP contribution in [0.25, 0.3) is 0 Å². The van der Waals surface area contributed by atoms with Gasteiger partial charge in [0.1, 0.15) is 5.76 Å². The first-order chi connectivity index (χ1) is 9.65. The van der Waals surface area contributed by atoms with E-state index in [2.05, 4.69) is 36.3 Å². The van der Waals surface area contributed by atoms with Crippen molar-refractivity contribution >= 4 is 5.91 Å². The van der Waals surface area contributed by atoms with Crippen molar-refractivity contribution in [1.29, 1.82) is 0 Å². The van der Waals surface area contributed by atoms with E-state index in [0.717, 1.165) is 19.4 Å². The Morgan fingerprint density at radius 1 is 1.30 bits per heavy atom. The number of nitrogens with zero attached hydrogens (tertiary/aromatic N) is 2. The van der Waals surface area contributed by atoms with Crippen LogP contribution in [0, 0.1) is 13.8 Å². The van der Waals surface area contributed by atoms with Gasteiger partial charge < -0.3 is 9.42 Å². The molecule has 1 amide bonds. The predicted molar refractivity (Wildman–Crippen MR) is 75.4 cm³/mol. The lowest BCUT2D eigenvalue weighted by Gasteiger charge is -2.24. The van der Waals surface area contributed by atoms with Gasteiger partial charge in [0.25, 0.3) is 5.91 Å². The van der Waals surface area contributed by atoms with Gasteiger partial charge in [-0.25, -0.2) is 0 Å². The fourth-order valence-electron chi connectivity index (χ4n) is 2.76. The van der Waals surface area contributed by atoms with Crippen LogP contribution in [-0.2, 0) is 0 Å². The maximum Gasteiger partial charge on any atom is 0.276 e. The normalized spacial score (nSPS) is 18.5. The molecule has 4 heteroatoms. The molecule has 0 spiro atoms. The van der Waals surface area contributed by atoms with Crippen LogP contribution in [0.3, 0.4) is 0 Å². The van der Waals surface area contributed by atoms with E-state index in [0.29, 0.717) is 11.5 Å². The monoisotopic (exact) mass is 270 g/mol. The number of benzene rings is 1. The molecule has 0 aliphatic carbocycles. The fraction of sp³-hybridized carbons (Fsp3) is 0.375. The second-order valence-corrected chi connectivity index (χ2v) is 5.39. The van der Waals surface area contributed by atoms with E-state index in [1.54, 1.807) is 13.0 Å². The summed E-state index contributed by atoms with van der Waals surface area (Å²) in [7, 11) is 0. The van der Waals surface area contributed by atoms with Gasteiger partial charge in [-0.3, -0.25) is 4.79 Å². The van der Waals surface area contributed by atoms with E-state index in [4.69, 9.17) is 4.52 Å². The Balaban J connectivity index is 1.85. The Bertz CT molecular complexity index is 616. The molecule has 3 rings (SSSR count). The van der Waals surface area contributed by atoms with Crippen LogP contribution in [-0.4, -0.2) is 22.5 Å². The topological polar surface area (TPSA) is 46.3 Å². The summed E-state index contributed by atoms with van der Waals surface area (Å²) in [4.78, 5) is 14.4. The molecule has 104 valence electrons. The van der Waals surface area contributed by atoms with Crippen molar-refractivity contribution < 1.29 is 9.32 Å². The first-order valence-corrected chi connectivity index (χ1v) is 6.96. The summed E-state index contributed by atoms with van der Waals surface area (Å²) in [5, 5.41) is 3.84. The minimum Gasteiger partial charge on any atom is -0.361 e. The van der Waals surface area contributed by atoms with E-state index >= 15 is 0 Å². The molecular formula is C16H18N2O2. The summed E-state index contributed by atoms with van der Waals surface area (Å²) >= 11 is 0. The van der Waals surface area contributed by atoms with Gasteiger partial charge in [-0.2, -0.15) is 0 Å². The number of likely N-dealkylation sites (tertiary alicyclic amines) is 1. The highest BCUT2D eigenvalue weighted by Crippen LogP contribution is 2.33. The van der Waals surface area contributed by atoms with E-state index in [9.17, 15) is 4.79 Å². The zero-order valence-corrected chi connectivity index (χ0v) is 11.8. The van der Waals surface area contributed by atoms with Gasteiger partial charge in [0, 0.05) is 12.6 Å². The second-order valence-electron chi connectivity index (χ2n) is 5.39. The van der Waals surface area contributed by atoms with Crippen molar-refractivity contribution in [3.05, 3.63) is 52.9 Å². The molecule has 20 heavy (non-hydrogen) atoms. The highest BCUT2D eigenvalue weighted by molar-refractivity contribution is 5.92. The first-order valence-electron chi connectivity index (χ1n) is 6.96. The maximum absolute atomic E-state index is 12.5. The number of aromatic nitrogens is 1. The largest absolute Gasteiger partial charge is 0.361 e. The number of carbonyl (C=O) groups is 1. The Morgan fingerprint density at radius 3 is 2.70 bits per heavy atom. The molecule has 1 fully saturated rings. The zero-order valence-electron chi connectivity index (χ0n) is 11.8. The molecule has 2 aromatic rings. The average Bonchev–Trinajstić information content (AvgIpc) is 3.07. The minimum absolute atomic E-state index is 0.0371. The van der Waals surface area contributed by atoms with E-state index in [-0.39, 0.29) is 11.9 Å². The quantitative estimate of drug-likeness (QED) is 0.841. The van der Waals surface area contributed by atoms with Crippen LogP contribution in [0.5, 0.6) is 0 Å². The minimum atomic E-state index is -0.0371. The number of carbonyl (C=O) groups excluding carboxylic acids is 1. The SMILES string of the molecule is Cc1ccc([C@@H]2CCCN2C(=O)c2cc(C)on2)cc1. The van der Waals surface area contributed by atoms with Gasteiger partial charge in [0.15, 0.2) is 5.69 Å². The highest BCUT2D eigenvalue weighted by Gasteiger charge is 2.31. The molecule has 1 aliphatic heterocycles. The van der Waals surface area contributed by atoms with Crippen LogP contribution in [0.4, 0.5) is 0 Å². The molecule has 1 saturated heterocycles. The Labute approximate surface area is 118 Å². The van der Waals surface area contributed by atoms with Crippen LogP contribution in [0.15, 0.2) is 34.9 Å². The van der Waals surface area contributed by atoms with Gasteiger partial charge in [0.2, 0.25) is 0 Å². The van der Waals surface area contributed by atoms with E-state index in [1.165, 1.54) is 11.1 Å². The lowest BCUT2D eigenvalue weighted by atomic mass is 10.0. The van der Waals surface area contributed by atoms with Crippen molar-refractivity contribution in [2.45, 2.75) is 32.7 Å². The fourth-order valence-corrected chi connectivity index (χ4v) is 2.76. The summed E-state index contributed by atoms with van der Waals surface area (Å²) in [5.74, 6) is 0.629. The molecule has 0 N–H and O–H groups in total. The van der Waals surface area contributed by atoms with Crippen molar-refractivity contribution in [2.75, 3.05) is 6.54 Å². The summed E-state index contributed by atoms with van der Waals surface area (Å²) in [6.07, 6.45) is 2.03. The summed E-state index contributed by atoms with van der Waals surface area (Å²) < 4.78 is 5.00. The molecule has 2 heterocycles. The number of hydrogen-bond donors (Lipinski definition) is 0. The molecule has 4 nitrogen and oxygen atoms in total. The molecular weight excluding hydrogens is 252 g/mol. The predicted octanol–water partition coefficient (Wildman–Crippen LogP) is 3.27. The zero-order chi connectivity index (χ0) is 14.1. The molecule has 1 atom stereocenters. The molecule has 0 saturated carbocycles. The maximum atomic E-state index is 12.5. The molecule has 1 aromatic carbocycles. The first kappa shape index (κ1) is 12.9. The summed E-state index contributed by atoms with van der Waals surface area (Å²) in [6, 6.07) is 10.3. The van der Waals surface area contributed by atoms with Crippen LogP contribution in [0.2, 0.25) is 0 Å². The van der Waals surface area contributed by atoms with Crippen molar-refractivity contribution in [1.82, 2.24) is 10.1 Å².